The molecule has 21 heavy (non-hydrogen) atoms. The van der Waals surface area contributed by atoms with Crippen molar-refractivity contribution in [3.8, 4) is 5.75 Å². The molecule has 0 bridgehead atoms. The molecule has 0 aromatic heterocycles. The monoisotopic (exact) mass is 291 g/mol. The van der Waals surface area contributed by atoms with E-state index in [1.807, 2.05) is 45.0 Å². The van der Waals surface area contributed by atoms with E-state index in [1.165, 1.54) is 6.08 Å². The number of aliphatic hydroxyl groups is 1. The Morgan fingerprint density at radius 1 is 1.43 bits per heavy atom. The molecule has 0 aliphatic carbocycles. The van der Waals surface area contributed by atoms with Crippen molar-refractivity contribution in [2.75, 3.05) is 6.54 Å². The third-order valence-corrected chi connectivity index (χ3v) is 2.79. The van der Waals surface area contributed by atoms with Gasteiger partial charge in [-0.05, 0) is 44.0 Å². The van der Waals surface area contributed by atoms with E-state index in [9.17, 15) is 9.90 Å². The lowest BCUT2D eigenvalue weighted by molar-refractivity contribution is -0.116. The number of nitrogens with one attached hydrogen (secondary N) is 1. The van der Waals surface area contributed by atoms with E-state index in [1.54, 1.807) is 6.08 Å². The van der Waals surface area contributed by atoms with Gasteiger partial charge in [0.2, 0.25) is 5.91 Å². The summed E-state index contributed by atoms with van der Waals surface area (Å²) in [5.74, 6) is 0.575. The summed E-state index contributed by atoms with van der Waals surface area (Å²) >= 11 is 0. The highest BCUT2D eigenvalue weighted by Gasteiger charge is 2.03. The van der Waals surface area contributed by atoms with Gasteiger partial charge in [0.1, 0.15) is 5.75 Å². The Morgan fingerprint density at radius 2 is 2.19 bits per heavy atom. The predicted octanol–water partition coefficient (Wildman–Crippen LogP) is 2.76. The maximum Gasteiger partial charge on any atom is 0.244 e. The summed E-state index contributed by atoms with van der Waals surface area (Å²) < 4.78 is 5.60. The molecule has 0 saturated heterocycles. The first-order valence-electron chi connectivity index (χ1n) is 7.42. The van der Waals surface area contributed by atoms with Gasteiger partial charge in [-0.25, -0.2) is 0 Å². The van der Waals surface area contributed by atoms with Crippen LogP contribution in [0.4, 0.5) is 0 Å². The molecule has 4 heteroatoms. The van der Waals surface area contributed by atoms with Gasteiger partial charge >= 0.3 is 0 Å². The van der Waals surface area contributed by atoms with Crippen LogP contribution >= 0.6 is 0 Å². The average Bonchev–Trinajstić information content (AvgIpc) is 2.43. The van der Waals surface area contributed by atoms with Crippen LogP contribution in [0.25, 0.3) is 6.08 Å². The van der Waals surface area contributed by atoms with Crippen molar-refractivity contribution in [2.24, 2.45) is 0 Å². The normalized spacial score (nSPS) is 12.6. The van der Waals surface area contributed by atoms with Gasteiger partial charge in [-0.15, -0.1) is 0 Å². The molecule has 0 saturated carbocycles. The molecule has 0 heterocycles. The molecule has 0 spiro atoms. The molecular formula is C17H25NO3. The Hall–Kier alpha value is -1.81. The number of rotatable bonds is 8. The number of hydrogen-bond acceptors (Lipinski definition) is 3. The molecule has 1 aromatic carbocycles. The lowest BCUT2D eigenvalue weighted by Gasteiger charge is -2.10. The molecule has 1 amide bonds. The largest absolute Gasteiger partial charge is 0.491 e. The lowest BCUT2D eigenvalue weighted by Crippen LogP contribution is -2.30. The number of hydrogen-bond donors (Lipinski definition) is 2. The second-order valence-electron chi connectivity index (χ2n) is 5.26. The summed E-state index contributed by atoms with van der Waals surface area (Å²) in [7, 11) is 0. The van der Waals surface area contributed by atoms with Crippen LogP contribution in [-0.4, -0.2) is 29.8 Å². The van der Waals surface area contributed by atoms with Gasteiger partial charge in [-0.1, -0.05) is 25.5 Å². The molecule has 0 aliphatic rings. The minimum Gasteiger partial charge on any atom is -0.491 e. The van der Waals surface area contributed by atoms with Crippen LogP contribution in [0.1, 0.15) is 39.2 Å². The van der Waals surface area contributed by atoms with Gasteiger partial charge < -0.3 is 15.2 Å². The van der Waals surface area contributed by atoms with Crippen molar-refractivity contribution < 1.29 is 14.6 Å². The van der Waals surface area contributed by atoms with Gasteiger partial charge in [0.05, 0.1) is 12.2 Å². The van der Waals surface area contributed by atoms with E-state index < -0.39 is 6.10 Å². The number of carbonyl (C=O) groups is 1. The maximum absolute atomic E-state index is 11.6. The number of ether oxygens (including phenoxy) is 1. The molecule has 1 atom stereocenters. The van der Waals surface area contributed by atoms with E-state index in [-0.39, 0.29) is 18.6 Å². The van der Waals surface area contributed by atoms with Crippen LogP contribution in [0.15, 0.2) is 30.3 Å². The van der Waals surface area contributed by atoms with Gasteiger partial charge in [-0.2, -0.15) is 0 Å². The molecule has 4 nitrogen and oxygen atoms in total. The summed E-state index contributed by atoms with van der Waals surface area (Å²) in [6, 6.07) is 7.57. The fourth-order valence-electron chi connectivity index (χ4n) is 1.85. The Balaban J connectivity index is 2.50. The van der Waals surface area contributed by atoms with Gasteiger partial charge in [0.25, 0.3) is 0 Å². The zero-order valence-corrected chi connectivity index (χ0v) is 13.0. The molecular weight excluding hydrogens is 266 g/mol. The van der Waals surface area contributed by atoms with Crippen molar-refractivity contribution >= 4 is 12.0 Å². The lowest BCUT2D eigenvalue weighted by atomic mass is 10.2. The van der Waals surface area contributed by atoms with E-state index in [2.05, 4.69) is 5.32 Å². The SMILES string of the molecule is CCCC(O)CNC(=O)/C=C/c1cccc(OC(C)C)c1. The quantitative estimate of drug-likeness (QED) is 0.724. The van der Waals surface area contributed by atoms with Crippen LogP contribution < -0.4 is 10.1 Å². The van der Waals surface area contributed by atoms with Crippen LogP contribution in [0.5, 0.6) is 5.75 Å². The minimum absolute atomic E-state index is 0.118. The first kappa shape index (κ1) is 17.2. The first-order valence-corrected chi connectivity index (χ1v) is 7.42. The van der Waals surface area contributed by atoms with Crippen LogP contribution in [0.2, 0.25) is 0 Å². The standard InChI is InChI=1S/C17H25NO3/c1-4-6-15(19)12-18-17(20)10-9-14-7-5-8-16(11-14)21-13(2)3/h5,7-11,13,15,19H,4,6,12H2,1-3H3,(H,18,20)/b10-9+. The molecule has 1 unspecified atom stereocenters. The summed E-state index contributed by atoms with van der Waals surface area (Å²) in [4.78, 5) is 11.6. The Bertz CT molecular complexity index is 469. The van der Waals surface area contributed by atoms with Crippen LogP contribution in [-0.2, 0) is 4.79 Å². The number of aliphatic hydroxyl groups excluding tert-OH is 1. The van der Waals surface area contributed by atoms with Crippen molar-refractivity contribution in [1.29, 1.82) is 0 Å². The number of benzene rings is 1. The second-order valence-corrected chi connectivity index (χ2v) is 5.26. The summed E-state index contributed by atoms with van der Waals surface area (Å²) in [5.41, 5.74) is 0.900. The predicted molar refractivity (Wildman–Crippen MR) is 85.2 cm³/mol. The summed E-state index contributed by atoms with van der Waals surface area (Å²) in [6.45, 7) is 6.22. The molecule has 1 rings (SSSR count). The van der Waals surface area contributed by atoms with E-state index in [0.29, 0.717) is 6.42 Å². The van der Waals surface area contributed by atoms with E-state index in [0.717, 1.165) is 17.7 Å². The van der Waals surface area contributed by atoms with Crippen LogP contribution in [0, 0.1) is 0 Å². The van der Waals surface area contributed by atoms with Crippen molar-refractivity contribution in [3.63, 3.8) is 0 Å². The zero-order valence-electron chi connectivity index (χ0n) is 13.0. The molecule has 0 radical (unpaired) electrons. The van der Waals surface area contributed by atoms with Crippen molar-refractivity contribution in [3.05, 3.63) is 35.9 Å². The van der Waals surface area contributed by atoms with Gasteiger partial charge in [0.15, 0.2) is 0 Å². The minimum atomic E-state index is -0.477. The Labute approximate surface area is 126 Å². The summed E-state index contributed by atoms with van der Waals surface area (Å²) in [6.07, 6.45) is 4.43. The van der Waals surface area contributed by atoms with Crippen molar-refractivity contribution in [2.45, 2.75) is 45.8 Å². The molecule has 0 fully saturated rings. The fourth-order valence-corrected chi connectivity index (χ4v) is 1.85. The first-order chi connectivity index (χ1) is 10.0. The highest BCUT2D eigenvalue weighted by atomic mass is 16.5. The topological polar surface area (TPSA) is 58.6 Å². The highest BCUT2D eigenvalue weighted by Crippen LogP contribution is 2.15. The molecule has 0 aliphatic heterocycles. The Kier molecular flexibility index (Phi) is 7.54. The van der Waals surface area contributed by atoms with Crippen LogP contribution in [0.3, 0.4) is 0 Å². The number of amides is 1. The molecule has 2 N–H and O–H groups in total. The third kappa shape index (κ3) is 7.51. The van der Waals surface area contributed by atoms with Gasteiger partial charge in [0, 0.05) is 12.6 Å². The van der Waals surface area contributed by atoms with E-state index >= 15 is 0 Å². The highest BCUT2D eigenvalue weighted by molar-refractivity contribution is 5.91. The number of carbonyl (C=O) groups excluding carboxylic acids is 1. The molecule has 1 aromatic rings. The average molecular weight is 291 g/mol. The van der Waals surface area contributed by atoms with Gasteiger partial charge in [-0.3, -0.25) is 4.79 Å². The van der Waals surface area contributed by atoms with E-state index in [4.69, 9.17) is 4.74 Å². The molecule has 116 valence electrons. The fraction of sp³-hybridized carbons (Fsp3) is 0.471. The summed E-state index contributed by atoms with van der Waals surface area (Å²) in [5, 5.41) is 12.2. The smallest absolute Gasteiger partial charge is 0.244 e. The zero-order chi connectivity index (χ0) is 15.7. The second kappa shape index (κ2) is 9.19. The van der Waals surface area contributed by atoms with Crippen molar-refractivity contribution in [1.82, 2.24) is 5.32 Å². The Morgan fingerprint density at radius 3 is 2.86 bits per heavy atom. The third-order valence-electron chi connectivity index (χ3n) is 2.79. The maximum atomic E-state index is 11.6.